The van der Waals surface area contributed by atoms with Gasteiger partial charge in [-0.2, -0.15) is 0 Å². The topological polar surface area (TPSA) is 87.8 Å². The molecule has 1 aliphatic rings. The van der Waals surface area contributed by atoms with Crippen molar-refractivity contribution in [1.82, 2.24) is 14.4 Å². The number of ketones is 1. The quantitative estimate of drug-likeness (QED) is 0.164. The zero-order chi connectivity index (χ0) is 27.6. The normalized spacial score (nSPS) is 17.2. The summed E-state index contributed by atoms with van der Waals surface area (Å²) in [5.41, 5.74) is 7.36. The van der Waals surface area contributed by atoms with Crippen LogP contribution in [0.5, 0.6) is 0 Å². The van der Waals surface area contributed by atoms with E-state index in [1.54, 1.807) is 0 Å². The minimum Gasteiger partial charge on any atom is -0.505 e. The van der Waals surface area contributed by atoms with E-state index < -0.39 is 17.7 Å². The number of aliphatic hydroxyl groups is 1. The van der Waals surface area contributed by atoms with Crippen LogP contribution in [0.4, 0.5) is 5.13 Å². The second-order valence-electron chi connectivity index (χ2n) is 10.1. The number of amides is 1. The van der Waals surface area contributed by atoms with E-state index in [0.717, 1.165) is 44.5 Å². The summed E-state index contributed by atoms with van der Waals surface area (Å²) < 4.78 is 2.82. The number of carbonyl (C=O) groups is 2. The molecule has 1 N–H and O–H groups in total. The molecule has 3 aromatic heterocycles. The Morgan fingerprint density at radius 1 is 1.00 bits per heavy atom. The van der Waals surface area contributed by atoms with Crippen LogP contribution in [0.3, 0.4) is 0 Å². The lowest BCUT2D eigenvalue weighted by Crippen LogP contribution is -2.29. The SMILES string of the molecule is CCc1ccc(C2C(=C(O)c3nc4c(C)cccn4c3C)C(=O)C(=O)N2c2nc3c(C)cc(C)cc3s2)cc1. The number of Topliss-reactive ketones (excluding diaryl/α,β-unsaturated/α-hetero) is 1. The zero-order valence-corrected chi connectivity index (χ0v) is 23.3. The monoisotopic (exact) mass is 536 g/mol. The van der Waals surface area contributed by atoms with Gasteiger partial charge >= 0.3 is 5.91 Å². The van der Waals surface area contributed by atoms with Crippen LogP contribution in [-0.4, -0.2) is 31.2 Å². The third-order valence-corrected chi connectivity index (χ3v) is 8.48. The summed E-state index contributed by atoms with van der Waals surface area (Å²) in [6.07, 6.45) is 2.73. The molecule has 5 aromatic rings. The molecule has 4 heterocycles. The molecule has 6 rings (SSSR count). The van der Waals surface area contributed by atoms with Crippen molar-refractivity contribution in [3.05, 3.63) is 99.5 Å². The second kappa shape index (κ2) is 9.17. The molecular weight excluding hydrogens is 508 g/mol. The maximum Gasteiger partial charge on any atom is 0.301 e. The van der Waals surface area contributed by atoms with Crippen LogP contribution < -0.4 is 4.90 Å². The molecule has 39 heavy (non-hydrogen) atoms. The highest BCUT2D eigenvalue weighted by atomic mass is 32.1. The van der Waals surface area contributed by atoms with Crippen molar-refractivity contribution in [2.75, 3.05) is 4.90 Å². The van der Waals surface area contributed by atoms with Crippen molar-refractivity contribution in [2.45, 2.75) is 47.1 Å². The highest BCUT2D eigenvalue weighted by Gasteiger charge is 2.48. The summed E-state index contributed by atoms with van der Waals surface area (Å²) in [5.74, 6) is -1.75. The third kappa shape index (κ3) is 3.86. The van der Waals surface area contributed by atoms with Crippen LogP contribution in [0.25, 0.3) is 21.6 Å². The Labute approximate surface area is 230 Å². The molecule has 1 unspecified atom stereocenters. The van der Waals surface area contributed by atoms with Gasteiger partial charge in [0.2, 0.25) is 0 Å². The summed E-state index contributed by atoms with van der Waals surface area (Å²) in [4.78, 5) is 38.3. The first-order chi connectivity index (χ1) is 18.7. The molecule has 196 valence electrons. The van der Waals surface area contributed by atoms with Crippen molar-refractivity contribution in [3.63, 3.8) is 0 Å². The summed E-state index contributed by atoms with van der Waals surface area (Å²) in [6.45, 7) is 9.86. The molecule has 1 atom stereocenters. The Morgan fingerprint density at radius 2 is 1.74 bits per heavy atom. The summed E-state index contributed by atoms with van der Waals surface area (Å²) in [7, 11) is 0. The number of anilines is 1. The molecule has 1 fully saturated rings. The minimum absolute atomic E-state index is 0.0144. The molecule has 7 nitrogen and oxygen atoms in total. The van der Waals surface area contributed by atoms with Crippen LogP contribution in [0.1, 0.15) is 52.2 Å². The van der Waals surface area contributed by atoms with Gasteiger partial charge in [0, 0.05) is 6.20 Å². The zero-order valence-electron chi connectivity index (χ0n) is 22.4. The van der Waals surface area contributed by atoms with Gasteiger partial charge in [0.25, 0.3) is 5.78 Å². The Balaban J connectivity index is 1.60. The van der Waals surface area contributed by atoms with E-state index in [1.807, 2.05) is 80.8 Å². The van der Waals surface area contributed by atoms with E-state index >= 15 is 0 Å². The van der Waals surface area contributed by atoms with E-state index in [1.165, 1.54) is 16.2 Å². The lowest BCUT2D eigenvalue weighted by Gasteiger charge is -2.23. The standard InChI is InChI=1S/C31H28N4O3S/c1-6-20-9-11-21(12-10-20)26-23(27(36)25-19(5)34-13-7-8-17(3)29(34)32-25)28(37)30(38)35(26)31-33-24-18(4)14-16(2)15-22(24)39-31/h7-15,26,36H,6H2,1-5H3. The van der Waals surface area contributed by atoms with Gasteiger partial charge in [-0.25, -0.2) is 9.97 Å². The predicted octanol–water partition coefficient (Wildman–Crippen LogP) is 6.37. The number of hydrogen-bond donors (Lipinski definition) is 1. The van der Waals surface area contributed by atoms with E-state index in [4.69, 9.17) is 4.98 Å². The largest absolute Gasteiger partial charge is 0.505 e. The van der Waals surface area contributed by atoms with Gasteiger partial charge in [-0.3, -0.25) is 14.5 Å². The summed E-state index contributed by atoms with van der Waals surface area (Å²) in [5, 5.41) is 12.1. The molecule has 1 saturated heterocycles. The highest BCUT2D eigenvalue weighted by Crippen LogP contribution is 2.45. The minimum atomic E-state index is -0.844. The van der Waals surface area contributed by atoms with Gasteiger partial charge in [0.1, 0.15) is 11.3 Å². The first-order valence-corrected chi connectivity index (χ1v) is 13.7. The van der Waals surface area contributed by atoms with E-state index in [-0.39, 0.29) is 17.0 Å². The Hall–Kier alpha value is -4.30. The highest BCUT2D eigenvalue weighted by molar-refractivity contribution is 7.22. The fourth-order valence-electron chi connectivity index (χ4n) is 5.42. The lowest BCUT2D eigenvalue weighted by atomic mass is 9.95. The van der Waals surface area contributed by atoms with Crippen molar-refractivity contribution in [1.29, 1.82) is 0 Å². The van der Waals surface area contributed by atoms with Gasteiger partial charge < -0.3 is 9.51 Å². The Kier molecular flexibility index (Phi) is 5.88. The second-order valence-corrected chi connectivity index (χ2v) is 11.1. The van der Waals surface area contributed by atoms with E-state index in [0.29, 0.717) is 16.5 Å². The van der Waals surface area contributed by atoms with Gasteiger partial charge in [-0.15, -0.1) is 0 Å². The summed E-state index contributed by atoms with van der Waals surface area (Å²) in [6, 6.07) is 14.9. The number of nitrogens with zero attached hydrogens (tertiary/aromatic N) is 4. The molecule has 0 spiro atoms. The number of fused-ring (bicyclic) bond motifs is 2. The van der Waals surface area contributed by atoms with Crippen molar-refractivity contribution >= 4 is 49.8 Å². The average Bonchev–Trinajstić information content (AvgIpc) is 3.57. The smallest absolute Gasteiger partial charge is 0.301 e. The third-order valence-electron chi connectivity index (χ3n) is 7.48. The van der Waals surface area contributed by atoms with Crippen LogP contribution in [0.2, 0.25) is 0 Å². The number of carbonyl (C=O) groups excluding carboxylic acids is 2. The molecule has 8 heteroatoms. The fraction of sp³-hybridized carbons (Fsp3) is 0.226. The fourth-order valence-corrected chi connectivity index (χ4v) is 6.59. The van der Waals surface area contributed by atoms with Gasteiger partial charge in [0.05, 0.1) is 27.5 Å². The number of pyridine rings is 1. The predicted molar refractivity (Wildman–Crippen MR) is 154 cm³/mol. The van der Waals surface area contributed by atoms with E-state index in [2.05, 4.69) is 18.0 Å². The van der Waals surface area contributed by atoms with Gasteiger partial charge in [-0.05, 0) is 74.1 Å². The number of imidazole rings is 1. The van der Waals surface area contributed by atoms with Crippen LogP contribution in [-0.2, 0) is 16.0 Å². The molecule has 2 aromatic carbocycles. The molecule has 0 radical (unpaired) electrons. The molecule has 0 aliphatic carbocycles. The Morgan fingerprint density at radius 3 is 2.44 bits per heavy atom. The maximum atomic E-state index is 13.7. The molecule has 0 saturated carbocycles. The number of aryl methyl sites for hydroxylation is 5. The molecule has 1 amide bonds. The molecule has 0 bridgehead atoms. The number of thiazole rings is 1. The first-order valence-electron chi connectivity index (χ1n) is 12.9. The average molecular weight is 537 g/mol. The molecule has 1 aliphatic heterocycles. The number of hydrogen-bond acceptors (Lipinski definition) is 6. The molecular formula is C31H28N4O3S. The number of rotatable bonds is 4. The van der Waals surface area contributed by atoms with Crippen molar-refractivity contribution < 1.29 is 14.7 Å². The van der Waals surface area contributed by atoms with Crippen LogP contribution in [0, 0.1) is 27.7 Å². The van der Waals surface area contributed by atoms with Gasteiger partial charge in [0.15, 0.2) is 10.9 Å². The lowest BCUT2D eigenvalue weighted by molar-refractivity contribution is -0.132. The van der Waals surface area contributed by atoms with Crippen LogP contribution >= 0.6 is 11.3 Å². The van der Waals surface area contributed by atoms with Crippen molar-refractivity contribution in [3.8, 4) is 0 Å². The first kappa shape index (κ1) is 25.0. The van der Waals surface area contributed by atoms with Gasteiger partial charge in [-0.1, -0.05) is 54.7 Å². The number of benzene rings is 2. The van der Waals surface area contributed by atoms with E-state index in [9.17, 15) is 14.7 Å². The summed E-state index contributed by atoms with van der Waals surface area (Å²) >= 11 is 1.37. The number of aliphatic hydroxyl groups excluding tert-OH is 1. The maximum absolute atomic E-state index is 13.7. The number of aromatic nitrogens is 3. The van der Waals surface area contributed by atoms with Crippen LogP contribution in [0.15, 0.2) is 60.3 Å². The van der Waals surface area contributed by atoms with Crippen molar-refractivity contribution in [2.24, 2.45) is 0 Å². The Bertz CT molecular complexity index is 1850.